The van der Waals surface area contributed by atoms with Gasteiger partial charge >= 0.3 is 0 Å². The predicted octanol–water partition coefficient (Wildman–Crippen LogP) is 4.27. The van der Waals surface area contributed by atoms with Gasteiger partial charge in [0.05, 0.1) is 18.2 Å². The summed E-state index contributed by atoms with van der Waals surface area (Å²) in [5.41, 5.74) is 8.12. The Bertz CT molecular complexity index is 834. The lowest BCUT2D eigenvalue weighted by molar-refractivity contribution is -0.137. The molecule has 0 aliphatic carbocycles. The molecule has 3 saturated heterocycles. The van der Waals surface area contributed by atoms with Gasteiger partial charge in [-0.15, -0.1) is 0 Å². The standard InChI is InChI=1S/C21H26FN5O.2C3H8/c1-14(26-8-2-3-17(26)10-23)19(24)13-25-12-18-9-20(25)21(28)27(18)11-15-4-6-16(22)7-5-15;2*1-3-2/h4-7,17-20H,1-3,8-9,11-13,24H2;2*3H2,1-2H3/t17?,18-,19?,20?;;/m0../s1. The van der Waals surface area contributed by atoms with E-state index in [9.17, 15) is 14.4 Å². The van der Waals surface area contributed by atoms with E-state index < -0.39 is 0 Å². The van der Waals surface area contributed by atoms with Crippen molar-refractivity contribution in [1.29, 1.82) is 5.26 Å². The third-order valence-electron chi connectivity index (χ3n) is 6.29. The predicted molar refractivity (Wildman–Crippen MR) is 135 cm³/mol. The van der Waals surface area contributed by atoms with Crippen LogP contribution in [0.1, 0.15) is 65.4 Å². The van der Waals surface area contributed by atoms with E-state index in [0.29, 0.717) is 13.1 Å². The summed E-state index contributed by atoms with van der Waals surface area (Å²) in [5, 5.41) is 9.28. The van der Waals surface area contributed by atoms with E-state index in [0.717, 1.165) is 43.6 Å². The smallest absolute Gasteiger partial charge is 0.240 e. The van der Waals surface area contributed by atoms with Gasteiger partial charge in [-0.1, -0.05) is 59.2 Å². The number of hydrogen-bond acceptors (Lipinski definition) is 5. The van der Waals surface area contributed by atoms with Gasteiger partial charge in [0, 0.05) is 37.9 Å². The number of amides is 1. The molecule has 1 aromatic carbocycles. The second kappa shape index (κ2) is 13.5. The van der Waals surface area contributed by atoms with Crippen molar-refractivity contribution in [2.45, 2.75) is 90.5 Å². The SMILES string of the molecule is C=C(C(N)CN1C[C@@H]2CC1C(=O)N2Cc1ccc(F)cc1)N1CCCC1C#N.CCC.CCC. The number of halogens is 1. The number of piperazine rings is 1. The summed E-state index contributed by atoms with van der Waals surface area (Å²) in [5.74, 6) is -0.149. The van der Waals surface area contributed by atoms with Crippen molar-refractivity contribution >= 4 is 5.91 Å². The minimum atomic E-state index is -0.286. The average Bonchev–Trinajstić information content (AvgIpc) is 3.52. The molecule has 3 aliphatic rings. The van der Waals surface area contributed by atoms with Gasteiger partial charge in [-0.25, -0.2) is 4.39 Å². The summed E-state index contributed by atoms with van der Waals surface area (Å²) in [6.07, 6.45) is 5.15. The Morgan fingerprint density at radius 1 is 1.24 bits per heavy atom. The maximum atomic E-state index is 13.1. The molecule has 3 fully saturated rings. The van der Waals surface area contributed by atoms with Gasteiger partial charge in [0.25, 0.3) is 0 Å². The number of nitrogens with zero attached hydrogens (tertiary/aromatic N) is 4. The summed E-state index contributed by atoms with van der Waals surface area (Å²) in [6.45, 7) is 15.3. The second-order valence-electron chi connectivity index (χ2n) is 9.44. The first kappa shape index (κ1) is 27.8. The average molecular weight is 472 g/mol. The minimum absolute atomic E-state index is 0.120. The number of carbonyl (C=O) groups is 1. The van der Waals surface area contributed by atoms with Crippen molar-refractivity contribution in [3.05, 3.63) is 47.9 Å². The maximum Gasteiger partial charge on any atom is 0.240 e. The molecule has 188 valence electrons. The van der Waals surface area contributed by atoms with Crippen LogP contribution in [0.2, 0.25) is 0 Å². The molecule has 1 aromatic rings. The third-order valence-corrected chi connectivity index (χ3v) is 6.29. The molecular weight excluding hydrogens is 429 g/mol. The Morgan fingerprint density at radius 3 is 2.41 bits per heavy atom. The van der Waals surface area contributed by atoms with Gasteiger partial charge in [-0.3, -0.25) is 9.69 Å². The number of hydrogen-bond donors (Lipinski definition) is 1. The van der Waals surface area contributed by atoms with E-state index in [2.05, 4.69) is 45.2 Å². The number of nitrogens with two attached hydrogens (primary N) is 1. The summed E-state index contributed by atoms with van der Waals surface area (Å²) in [7, 11) is 0. The molecule has 3 aliphatic heterocycles. The molecule has 0 saturated carbocycles. The molecule has 2 bridgehead atoms. The normalized spacial score (nSPS) is 24.1. The molecule has 4 rings (SSSR count). The van der Waals surface area contributed by atoms with E-state index in [1.807, 2.05) is 9.80 Å². The van der Waals surface area contributed by atoms with Gasteiger partial charge in [0.15, 0.2) is 0 Å². The first-order chi connectivity index (χ1) is 16.3. The quantitative estimate of drug-likeness (QED) is 0.670. The number of nitriles is 1. The Labute approximate surface area is 205 Å². The van der Waals surface area contributed by atoms with Crippen molar-refractivity contribution in [2.75, 3.05) is 19.6 Å². The van der Waals surface area contributed by atoms with Crippen molar-refractivity contribution in [2.24, 2.45) is 5.73 Å². The van der Waals surface area contributed by atoms with Gasteiger partial charge in [-0.2, -0.15) is 5.26 Å². The highest BCUT2D eigenvalue weighted by Gasteiger charge is 2.49. The van der Waals surface area contributed by atoms with E-state index in [-0.39, 0.29) is 35.9 Å². The summed E-state index contributed by atoms with van der Waals surface area (Å²) in [6, 6.07) is 8.24. The number of likely N-dealkylation sites (tertiary alicyclic amines) is 3. The molecule has 4 atom stereocenters. The molecule has 3 heterocycles. The van der Waals surface area contributed by atoms with Crippen molar-refractivity contribution < 1.29 is 9.18 Å². The highest BCUT2D eigenvalue weighted by Crippen LogP contribution is 2.33. The summed E-state index contributed by atoms with van der Waals surface area (Å²) >= 11 is 0. The number of benzene rings is 1. The van der Waals surface area contributed by atoms with Crippen LogP contribution in [0.4, 0.5) is 4.39 Å². The molecule has 3 unspecified atom stereocenters. The van der Waals surface area contributed by atoms with Gasteiger partial charge < -0.3 is 15.5 Å². The van der Waals surface area contributed by atoms with E-state index in [4.69, 9.17) is 5.73 Å². The molecule has 7 heteroatoms. The minimum Gasteiger partial charge on any atom is -0.358 e. The molecule has 0 spiro atoms. The highest BCUT2D eigenvalue weighted by molar-refractivity contribution is 5.85. The maximum absolute atomic E-state index is 13.1. The van der Waals surface area contributed by atoms with Crippen molar-refractivity contribution in [3.8, 4) is 6.07 Å². The van der Waals surface area contributed by atoms with Crippen LogP contribution in [-0.2, 0) is 11.3 Å². The van der Waals surface area contributed by atoms with Crippen LogP contribution < -0.4 is 5.73 Å². The first-order valence-electron chi connectivity index (χ1n) is 12.7. The topological polar surface area (TPSA) is 76.6 Å². The van der Waals surface area contributed by atoms with Crippen molar-refractivity contribution in [3.63, 3.8) is 0 Å². The van der Waals surface area contributed by atoms with E-state index in [1.165, 1.54) is 25.0 Å². The highest BCUT2D eigenvalue weighted by atomic mass is 19.1. The molecule has 34 heavy (non-hydrogen) atoms. The largest absolute Gasteiger partial charge is 0.358 e. The number of rotatable bonds is 6. The molecule has 6 nitrogen and oxygen atoms in total. The molecule has 1 amide bonds. The fourth-order valence-corrected chi connectivity index (χ4v) is 4.74. The summed E-state index contributed by atoms with van der Waals surface area (Å²) < 4.78 is 13.1. The Morgan fingerprint density at radius 2 is 1.85 bits per heavy atom. The zero-order valence-corrected chi connectivity index (χ0v) is 21.3. The van der Waals surface area contributed by atoms with Crippen LogP contribution in [0.5, 0.6) is 0 Å². The Kier molecular flexibility index (Phi) is 11.0. The molecule has 2 N–H and O–H groups in total. The molecule has 0 aromatic heterocycles. The van der Waals surface area contributed by atoms with Crippen molar-refractivity contribution in [1.82, 2.24) is 14.7 Å². The zero-order valence-electron chi connectivity index (χ0n) is 21.3. The fourth-order valence-electron chi connectivity index (χ4n) is 4.74. The van der Waals surface area contributed by atoms with Crippen LogP contribution in [0, 0.1) is 17.1 Å². The lowest BCUT2D eigenvalue weighted by Gasteiger charge is -2.36. The van der Waals surface area contributed by atoms with Crippen LogP contribution in [0.3, 0.4) is 0 Å². The van der Waals surface area contributed by atoms with Crippen LogP contribution in [0.25, 0.3) is 0 Å². The number of fused-ring (bicyclic) bond motifs is 2. The fraction of sp³-hybridized carbons (Fsp3) is 0.630. The zero-order chi connectivity index (χ0) is 25.3. The van der Waals surface area contributed by atoms with Crippen LogP contribution >= 0.6 is 0 Å². The molecule has 0 radical (unpaired) electrons. The first-order valence-corrected chi connectivity index (χ1v) is 12.7. The van der Waals surface area contributed by atoms with Crippen LogP contribution in [0.15, 0.2) is 36.5 Å². The Hall–Kier alpha value is -2.43. The lowest BCUT2D eigenvalue weighted by Crippen LogP contribution is -2.53. The Balaban J connectivity index is 0.000000618. The van der Waals surface area contributed by atoms with E-state index >= 15 is 0 Å². The third kappa shape index (κ3) is 6.80. The van der Waals surface area contributed by atoms with Gasteiger partial charge in [0.2, 0.25) is 5.91 Å². The number of carbonyl (C=O) groups excluding carboxylic acids is 1. The monoisotopic (exact) mass is 471 g/mol. The summed E-state index contributed by atoms with van der Waals surface area (Å²) in [4.78, 5) is 18.9. The van der Waals surface area contributed by atoms with E-state index in [1.54, 1.807) is 12.1 Å². The van der Waals surface area contributed by atoms with Gasteiger partial charge in [0.1, 0.15) is 11.9 Å². The van der Waals surface area contributed by atoms with Crippen LogP contribution in [-0.4, -0.2) is 64.4 Å². The van der Waals surface area contributed by atoms with Gasteiger partial charge in [-0.05, 0) is 37.0 Å². The molecular formula is C27H42FN5O. The second-order valence-corrected chi connectivity index (χ2v) is 9.44. The lowest BCUT2D eigenvalue weighted by atomic mass is 10.1.